The first-order chi connectivity index (χ1) is 8.47. The van der Waals surface area contributed by atoms with Crippen LogP contribution in [0.15, 0.2) is 23.1 Å². The molecule has 0 bridgehead atoms. The molecule has 0 spiro atoms. The summed E-state index contributed by atoms with van der Waals surface area (Å²) in [5, 5.41) is 5.19. The number of thioether (sulfide) groups is 1. The normalized spacial score (nSPS) is 11.7. The Hall–Kier alpha value is -0.560. The van der Waals surface area contributed by atoms with Crippen LogP contribution in [0.2, 0.25) is 0 Å². The second-order valence-corrected chi connectivity index (χ2v) is 6.64. The maximum atomic E-state index is 11.4. The van der Waals surface area contributed by atoms with Crippen LogP contribution in [-0.2, 0) is 22.2 Å². The SMILES string of the molecule is CSCc1cc(CCCCN)cc(S(N)(=O)=O)c1. The number of aryl methyl sites for hydroxylation is 1. The van der Waals surface area contributed by atoms with Gasteiger partial charge in [0.1, 0.15) is 0 Å². The lowest BCUT2D eigenvalue weighted by atomic mass is 10.1. The van der Waals surface area contributed by atoms with E-state index in [2.05, 4.69) is 0 Å². The minimum atomic E-state index is -3.63. The van der Waals surface area contributed by atoms with Crippen LogP contribution in [0.4, 0.5) is 0 Å². The van der Waals surface area contributed by atoms with Gasteiger partial charge in [0.15, 0.2) is 0 Å². The summed E-state index contributed by atoms with van der Waals surface area (Å²) < 4.78 is 22.8. The highest BCUT2D eigenvalue weighted by Gasteiger charge is 2.10. The van der Waals surface area contributed by atoms with E-state index in [1.165, 1.54) is 0 Å². The molecule has 1 rings (SSSR count). The van der Waals surface area contributed by atoms with Crippen LogP contribution in [0, 0.1) is 0 Å². The number of sulfonamides is 1. The second-order valence-electron chi connectivity index (χ2n) is 4.21. The zero-order valence-electron chi connectivity index (χ0n) is 10.6. The van der Waals surface area contributed by atoms with Crippen molar-refractivity contribution in [3.63, 3.8) is 0 Å². The molecule has 6 heteroatoms. The van der Waals surface area contributed by atoms with Crippen LogP contribution in [0.5, 0.6) is 0 Å². The maximum absolute atomic E-state index is 11.4. The van der Waals surface area contributed by atoms with Crippen LogP contribution < -0.4 is 10.9 Å². The van der Waals surface area contributed by atoms with Crippen LogP contribution in [0.1, 0.15) is 24.0 Å². The summed E-state index contributed by atoms with van der Waals surface area (Å²) in [5.41, 5.74) is 7.46. The van der Waals surface area contributed by atoms with E-state index in [0.29, 0.717) is 6.54 Å². The first-order valence-electron chi connectivity index (χ1n) is 5.82. The van der Waals surface area contributed by atoms with Crippen LogP contribution in [0.25, 0.3) is 0 Å². The fraction of sp³-hybridized carbons (Fsp3) is 0.500. The molecule has 1 aromatic rings. The molecule has 0 radical (unpaired) electrons. The Bertz CT molecular complexity index is 487. The predicted molar refractivity (Wildman–Crippen MR) is 77.0 cm³/mol. The Balaban J connectivity index is 2.99. The summed E-state index contributed by atoms with van der Waals surface area (Å²) in [5.74, 6) is 0.785. The summed E-state index contributed by atoms with van der Waals surface area (Å²) in [4.78, 5) is 0.205. The van der Waals surface area contributed by atoms with E-state index in [0.717, 1.165) is 36.1 Å². The Morgan fingerprint density at radius 3 is 2.39 bits per heavy atom. The Labute approximate surface area is 113 Å². The smallest absolute Gasteiger partial charge is 0.238 e. The second kappa shape index (κ2) is 7.13. The third-order valence-electron chi connectivity index (χ3n) is 2.59. The van der Waals surface area contributed by atoms with E-state index in [9.17, 15) is 8.42 Å². The zero-order chi connectivity index (χ0) is 13.6. The number of nitrogens with two attached hydrogens (primary N) is 2. The summed E-state index contributed by atoms with van der Waals surface area (Å²) >= 11 is 1.66. The molecule has 4 nitrogen and oxygen atoms in total. The quantitative estimate of drug-likeness (QED) is 0.744. The molecule has 1 aromatic carbocycles. The lowest BCUT2D eigenvalue weighted by Crippen LogP contribution is -2.13. The maximum Gasteiger partial charge on any atom is 0.238 e. The van der Waals surface area contributed by atoms with Crippen molar-refractivity contribution in [2.24, 2.45) is 10.9 Å². The first-order valence-corrected chi connectivity index (χ1v) is 8.76. The molecule has 0 saturated carbocycles. The molecule has 0 aromatic heterocycles. The van der Waals surface area contributed by atoms with Gasteiger partial charge in [0.25, 0.3) is 0 Å². The van der Waals surface area contributed by atoms with Gasteiger partial charge in [0, 0.05) is 5.75 Å². The van der Waals surface area contributed by atoms with Crippen molar-refractivity contribution >= 4 is 21.8 Å². The molecular weight excluding hydrogens is 268 g/mol. The van der Waals surface area contributed by atoms with Crippen molar-refractivity contribution in [1.29, 1.82) is 0 Å². The van der Waals surface area contributed by atoms with Gasteiger partial charge in [-0.3, -0.25) is 0 Å². The molecule has 0 saturated heterocycles. The molecule has 0 unspecified atom stereocenters. The number of rotatable bonds is 7. The average molecular weight is 288 g/mol. The standard InChI is InChI=1S/C12H20N2O2S2/c1-17-9-11-6-10(4-2-3-5-13)7-12(8-11)18(14,15)16/h6-8H,2-5,9,13H2,1H3,(H2,14,15,16). The van der Waals surface area contributed by atoms with Crippen LogP contribution in [0.3, 0.4) is 0 Å². The van der Waals surface area contributed by atoms with Gasteiger partial charge < -0.3 is 5.73 Å². The lowest BCUT2D eigenvalue weighted by Gasteiger charge is -2.08. The van der Waals surface area contributed by atoms with Gasteiger partial charge >= 0.3 is 0 Å². The fourth-order valence-corrected chi connectivity index (χ4v) is 2.89. The highest BCUT2D eigenvalue weighted by molar-refractivity contribution is 7.97. The van der Waals surface area contributed by atoms with Gasteiger partial charge in [0.2, 0.25) is 10.0 Å². The summed E-state index contributed by atoms with van der Waals surface area (Å²) in [7, 11) is -3.63. The third kappa shape index (κ3) is 4.97. The van der Waals surface area contributed by atoms with Gasteiger partial charge in [-0.2, -0.15) is 11.8 Å². The topological polar surface area (TPSA) is 86.2 Å². The average Bonchev–Trinajstić information content (AvgIpc) is 2.28. The van der Waals surface area contributed by atoms with E-state index < -0.39 is 10.0 Å². The highest BCUT2D eigenvalue weighted by Crippen LogP contribution is 2.19. The Kier molecular flexibility index (Phi) is 6.14. The molecular formula is C12H20N2O2S2. The minimum Gasteiger partial charge on any atom is -0.330 e. The minimum absolute atomic E-state index is 0.205. The van der Waals surface area contributed by atoms with E-state index in [4.69, 9.17) is 10.9 Å². The lowest BCUT2D eigenvalue weighted by molar-refractivity contribution is 0.597. The molecule has 102 valence electrons. The molecule has 0 fully saturated rings. The number of primary sulfonamides is 1. The highest BCUT2D eigenvalue weighted by atomic mass is 32.2. The molecule has 0 heterocycles. The van der Waals surface area contributed by atoms with Gasteiger partial charge in [-0.05, 0) is 55.3 Å². The number of benzene rings is 1. The largest absolute Gasteiger partial charge is 0.330 e. The first kappa shape index (κ1) is 15.5. The van der Waals surface area contributed by atoms with Crippen molar-refractivity contribution in [1.82, 2.24) is 0 Å². The number of hydrogen-bond acceptors (Lipinski definition) is 4. The van der Waals surface area contributed by atoms with Crippen LogP contribution in [-0.4, -0.2) is 21.2 Å². The Morgan fingerprint density at radius 2 is 1.83 bits per heavy atom. The van der Waals surface area contributed by atoms with Crippen LogP contribution >= 0.6 is 11.8 Å². The predicted octanol–water partition coefficient (Wildman–Crippen LogP) is 1.48. The van der Waals surface area contributed by atoms with E-state index in [1.54, 1.807) is 23.9 Å². The van der Waals surface area contributed by atoms with Crippen molar-refractivity contribution in [3.05, 3.63) is 29.3 Å². The van der Waals surface area contributed by atoms with Gasteiger partial charge in [0.05, 0.1) is 4.90 Å². The third-order valence-corrected chi connectivity index (χ3v) is 4.10. The van der Waals surface area contributed by atoms with Gasteiger partial charge in [-0.15, -0.1) is 0 Å². The number of unbranched alkanes of at least 4 members (excludes halogenated alkanes) is 1. The molecule has 4 N–H and O–H groups in total. The van der Waals surface area contributed by atoms with Gasteiger partial charge in [-0.25, -0.2) is 13.6 Å². The van der Waals surface area contributed by atoms with Crippen molar-refractivity contribution in [2.45, 2.75) is 29.9 Å². The van der Waals surface area contributed by atoms with E-state index in [1.807, 2.05) is 12.3 Å². The zero-order valence-corrected chi connectivity index (χ0v) is 12.2. The molecule has 0 aliphatic heterocycles. The van der Waals surface area contributed by atoms with Gasteiger partial charge in [-0.1, -0.05) is 6.07 Å². The van der Waals surface area contributed by atoms with Crippen molar-refractivity contribution < 1.29 is 8.42 Å². The fourth-order valence-electron chi connectivity index (χ4n) is 1.76. The monoisotopic (exact) mass is 288 g/mol. The summed E-state index contributed by atoms with van der Waals surface area (Å²) in [6, 6.07) is 5.36. The molecule has 0 amide bonds. The number of hydrogen-bond donors (Lipinski definition) is 2. The summed E-state index contributed by atoms with van der Waals surface area (Å²) in [6.07, 6.45) is 4.72. The molecule has 18 heavy (non-hydrogen) atoms. The molecule has 0 atom stereocenters. The van der Waals surface area contributed by atoms with E-state index >= 15 is 0 Å². The van der Waals surface area contributed by atoms with E-state index in [-0.39, 0.29) is 4.90 Å². The van der Waals surface area contributed by atoms with Crippen molar-refractivity contribution in [2.75, 3.05) is 12.8 Å². The molecule has 0 aliphatic rings. The molecule has 0 aliphatic carbocycles. The Morgan fingerprint density at radius 1 is 1.17 bits per heavy atom. The summed E-state index contributed by atoms with van der Waals surface area (Å²) in [6.45, 7) is 0.659. The van der Waals surface area contributed by atoms with Crippen molar-refractivity contribution in [3.8, 4) is 0 Å².